The number of aryl methyl sites for hydroxylation is 3. The molecule has 84 valence electrons. The van der Waals surface area contributed by atoms with Gasteiger partial charge >= 0.3 is 0 Å². The van der Waals surface area contributed by atoms with Crippen LogP contribution in [0.25, 0.3) is 5.69 Å². The van der Waals surface area contributed by atoms with Gasteiger partial charge in [-0.05, 0) is 38.0 Å². The molecule has 0 saturated heterocycles. The van der Waals surface area contributed by atoms with Crippen molar-refractivity contribution in [2.24, 2.45) is 0 Å². The van der Waals surface area contributed by atoms with Crippen molar-refractivity contribution in [1.29, 1.82) is 0 Å². The van der Waals surface area contributed by atoms with E-state index in [2.05, 4.69) is 53.9 Å². The molecule has 2 aromatic rings. The van der Waals surface area contributed by atoms with E-state index in [1.54, 1.807) is 0 Å². The van der Waals surface area contributed by atoms with Crippen LogP contribution in [-0.4, -0.2) is 9.78 Å². The summed E-state index contributed by atoms with van der Waals surface area (Å²) in [4.78, 5) is 0. The zero-order valence-electron chi connectivity index (χ0n) is 9.79. The first kappa shape index (κ1) is 11.4. The van der Waals surface area contributed by atoms with Gasteiger partial charge in [-0.3, -0.25) is 0 Å². The molecule has 0 fully saturated rings. The predicted molar refractivity (Wildman–Crippen MR) is 70.4 cm³/mol. The molecule has 0 aliphatic rings. The molecule has 0 bridgehead atoms. The van der Waals surface area contributed by atoms with Crippen molar-refractivity contribution in [3.63, 3.8) is 0 Å². The Morgan fingerprint density at radius 3 is 2.31 bits per heavy atom. The molecule has 16 heavy (non-hydrogen) atoms. The molecule has 2 nitrogen and oxygen atoms in total. The van der Waals surface area contributed by atoms with Crippen molar-refractivity contribution in [3.8, 4) is 5.69 Å². The second kappa shape index (κ2) is 4.42. The van der Waals surface area contributed by atoms with Gasteiger partial charge in [0, 0.05) is 11.5 Å². The normalized spacial score (nSPS) is 10.8. The van der Waals surface area contributed by atoms with E-state index < -0.39 is 0 Å². The number of hydrogen-bond acceptors (Lipinski definition) is 1. The van der Waals surface area contributed by atoms with Crippen LogP contribution < -0.4 is 0 Å². The van der Waals surface area contributed by atoms with E-state index in [4.69, 9.17) is 0 Å². The third-order valence-corrected chi connectivity index (χ3v) is 3.22. The molecule has 1 heterocycles. The first-order chi connectivity index (χ1) is 7.61. The first-order valence-electron chi connectivity index (χ1n) is 5.30. The minimum atomic E-state index is 0.796. The third-order valence-electron chi connectivity index (χ3n) is 2.65. The Balaban J connectivity index is 2.55. The lowest BCUT2D eigenvalue weighted by Crippen LogP contribution is -2.01. The van der Waals surface area contributed by atoms with E-state index in [1.807, 2.05) is 16.9 Å². The zero-order chi connectivity index (χ0) is 11.7. The number of rotatable bonds is 2. The van der Waals surface area contributed by atoms with Gasteiger partial charge in [0.25, 0.3) is 0 Å². The zero-order valence-corrected chi connectivity index (χ0v) is 11.4. The van der Waals surface area contributed by atoms with Crippen LogP contribution in [0.3, 0.4) is 0 Å². The van der Waals surface area contributed by atoms with Crippen molar-refractivity contribution in [2.75, 3.05) is 0 Å². The van der Waals surface area contributed by atoms with Crippen LogP contribution in [0.15, 0.2) is 24.4 Å². The van der Waals surface area contributed by atoms with E-state index >= 15 is 0 Å². The smallest absolute Gasteiger partial charge is 0.0734 e. The van der Waals surface area contributed by atoms with E-state index in [0.29, 0.717) is 0 Å². The molecule has 0 radical (unpaired) electrons. The summed E-state index contributed by atoms with van der Waals surface area (Å²) in [6.45, 7) is 6.38. The highest BCUT2D eigenvalue weighted by atomic mass is 79.9. The molecule has 0 saturated carbocycles. The molecule has 0 aliphatic heterocycles. The number of alkyl halides is 1. The molecule has 0 aliphatic carbocycles. The van der Waals surface area contributed by atoms with Crippen molar-refractivity contribution >= 4 is 15.9 Å². The number of halogens is 1. The lowest BCUT2D eigenvalue weighted by atomic mass is 10.1. The van der Waals surface area contributed by atoms with Gasteiger partial charge < -0.3 is 0 Å². The molecule has 3 heteroatoms. The van der Waals surface area contributed by atoms with E-state index in [1.165, 1.54) is 22.4 Å². The lowest BCUT2D eigenvalue weighted by molar-refractivity contribution is 0.846. The summed E-state index contributed by atoms with van der Waals surface area (Å²) in [5, 5.41) is 5.32. The third kappa shape index (κ3) is 2.05. The monoisotopic (exact) mass is 278 g/mol. The number of benzene rings is 1. The SMILES string of the molecule is Cc1cc(C)c(-n2ccc(CBr)n2)c(C)c1. The highest BCUT2D eigenvalue weighted by Gasteiger charge is 2.07. The van der Waals surface area contributed by atoms with Crippen molar-refractivity contribution in [3.05, 3.63) is 46.8 Å². The summed E-state index contributed by atoms with van der Waals surface area (Å²) >= 11 is 3.42. The van der Waals surface area contributed by atoms with Crippen LogP contribution in [0.2, 0.25) is 0 Å². The van der Waals surface area contributed by atoms with Gasteiger partial charge in [0.2, 0.25) is 0 Å². The van der Waals surface area contributed by atoms with Crippen LogP contribution in [0, 0.1) is 20.8 Å². The summed E-state index contributed by atoms with van der Waals surface area (Å²) in [5.41, 5.74) is 6.08. The molecular formula is C13H15BrN2. The van der Waals surface area contributed by atoms with Crippen molar-refractivity contribution in [1.82, 2.24) is 9.78 Å². The molecule has 0 spiro atoms. The summed E-state index contributed by atoms with van der Waals surface area (Å²) in [7, 11) is 0. The van der Waals surface area contributed by atoms with Gasteiger partial charge in [0.1, 0.15) is 0 Å². The average Bonchev–Trinajstić information content (AvgIpc) is 2.64. The average molecular weight is 279 g/mol. The summed E-state index contributed by atoms with van der Waals surface area (Å²) in [6.07, 6.45) is 2.02. The summed E-state index contributed by atoms with van der Waals surface area (Å²) < 4.78 is 1.96. The molecular weight excluding hydrogens is 264 g/mol. The number of nitrogens with zero attached hydrogens (tertiary/aromatic N) is 2. The summed E-state index contributed by atoms with van der Waals surface area (Å²) in [6, 6.07) is 6.42. The Morgan fingerprint density at radius 2 is 1.81 bits per heavy atom. The molecule has 0 atom stereocenters. The minimum absolute atomic E-state index is 0.796. The van der Waals surface area contributed by atoms with Gasteiger partial charge in [-0.15, -0.1) is 0 Å². The molecule has 0 unspecified atom stereocenters. The van der Waals surface area contributed by atoms with Crippen LogP contribution in [0.5, 0.6) is 0 Å². The van der Waals surface area contributed by atoms with E-state index in [-0.39, 0.29) is 0 Å². The largest absolute Gasteiger partial charge is 0.240 e. The van der Waals surface area contributed by atoms with Crippen LogP contribution in [0.4, 0.5) is 0 Å². The molecule has 1 aromatic carbocycles. The minimum Gasteiger partial charge on any atom is -0.240 e. The van der Waals surface area contributed by atoms with Gasteiger partial charge in [-0.25, -0.2) is 4.68 Å². The molecule has 0 N–H and O–H groups in total. The number of hydrogen-bond donors (Lipinski definition) is 0. The Morgan fingerprint density at radius 1 is 1.19 bits per heavy atom. The Kier molecular flexibility index (Phi) is 3.15. The molecule has 1 aromatic heterocycles. The van der Waals surface area contributed by atoms with Crippen LogP contribution >= 0.6 is 15.9 Å². The first-order valence-corrected chi connectivity index (χ1v) is 6.42. The fourth-order valence-corrected chi connectivity index (χ4v) is 2.39. The quantitative estimate of drug-likeness (QED) is 0.766. The Labute approximate surface area is 104 Å². The maximum Gasteiger partial charge on any atom is 0.0734 e. The highest BCUT2D eigenvalue weighted by Crippen LogP contribution is 2.20. The van der Waals surface area contributed by atoms with E-state index in [0.717, 1.165) is 11.0 Å². The Hall–Kier alpha value is -1.09. The van der Waals surface area contributed by atoms with Crippen LogP contribution in [-0.2, 0) is 5.33 Å². The predicted octanol–water partition coefficient (Wildman–Crippen LogP) is 3.69. The second-order valence-electron chi connectivity index (χ2n) is 4.13. The standard InChI is InChI=1S/C13H15BrN2/c1-9-6-10(2)13(11(3)7-9)16-5-4-12(8-14)15-16/h4-7H,8H2,1-3H3. The Bertz CT molecular complexity index is 491. The maximum atomic E-state index is 4.52. The van der Waals surface area contributed by atoms with Crippen molar-refractivity contribution < 1.29 is 0 Å². The fourth-order valence-electron chi connectivity index (χ4n) is 2.09. The molecule has 0 amide bonds. The van der Waals surface area contributed by atoms with Crippen LogP contribution in [0.1, 0.15) is 22.4 Å². The summed E-state index contributed by atoms with van der Waals surface area (Å²) in [5.74, 6) is 0. The van der Waals surface area contributed by atoms with Gasteiger partial charge in [0.15, 0.2) is 0 Å². The topological polar surface area (TPSA) is 17.8 Å². The number of aromatic nitrogens is 2. The lowest BCUT2D eigenvalue weighted by Gasteiger charge is -2.11. The van der Waals surface area contributed by atoms with E-state index in [9.17, 15) is 0 Å². The molecule has 2 rings (SSSR count). The fraction of sp³-hybridized carbons (Fsp3) is 0.308. The van der Waals surface area contributed by atoms with Gasteiger partial charge in [-0.1, -0.05) is 33.6 Å². The van der Waals surface area contributed by atoms with Gasteiger partial charge in [-0.2, -0.15) is 5.10 Å². The van der Waals surface area contributed by atoms with Crippen molar-refractivity contribution in [2.45, 2.75) is 26.1 Å². The maximum absolute atomic E-state index is 4.52. The second-order valence-corrected chi connectivity index (χ2v) is 4.69. The van der Waals surface area contributed by atoms with Gasteiger partial charge in [0.05, 0.1) is 11.4 Å². The highest BCUT2D eigenvalue weighted by molar-refractivity contribution is 9.08.